The van der Waals surface area contributed by atoms with Gasteiger partial charge in [-0.25, -0.2) is 0 Å². The van der Waals surface area contributed by atoms with Crippen LogP contribution in [-0.4, -0.2) is 22.4 Å². The first-order chi connectivity index (χ1) is 9.99. The van der Waals surface area contributed by atoms with Crippen molar-refractivity contribution in [2.24, 2.45) is 5.92 Å². The minimum absolute atomic E-state index is 0.156. The highest BCUT2D eigenvalue weighted by Gasteiger charge is 2.25. The lowest BCUT2D eigenvalue weighted by molar-refractivity contribution is -0.385. The lowest BCUT2D eigenvalue weighted by Crippen LogP contribution is -2.35. The van der Waals surface area contributed by atoms with Crippen LogP contribution in [0.4, 0.5) is 5.69 Å². The summed E-state index contributed by atoms with van der Waals surface area (Å²) in [6.45, 7) is 6.28. The summed E-state index contributed by atoms with van der Waals surface area (Å²) in [6, 6.07) is 5.94. The van der Waals surface area contributed by atoms with Gasteiger partial charge in [0.25, 0.3) is 5.69 Å². The van der Waals surface area contributed by atoms with Crippen molar-refractivity contribution < 1.29 is 4.92 Å². The Morgan fingerprint density at radius 1 is 1.38 bits per heavy atom. The Hall–Kier alpha value is -0.940. The fraction of sp³-hybridized carbons (Fsp3) is 0.625. The highest BCUT2D eigenvalue weighted by Crippen LogP contribution is 2.31. The lowest BCUT2D eigenvalue weighted by atomic mass is 10.1. The molecule has 1 aliphatic carbocycles. The zero-order valence-electron chi connectivity index (χ0n) is 12.7. The van der Waals surface area contributed by atoms with E-state index in [0.717, 1.165) is 18.7 Å². The molecule has 0 heterocycles. The van der Waals surface area contributed by atoms with Gasteiger partial charge in [0, 0.05) is 25.2 Å². The topological polar surface area (TPSA) is 46.4 Å². The molecule has 5 heteroatoms. The van der Waals surface area contributed by atoms with Gasteiger partial charge in [-0.2, -0.15) is 0 Å². The van der Waals surface area contributed by atoms with Gasteiger partial charge in [0.15, 0.2) is 0 Å². The smallest absolute Gasteiger partial charge is 0.283 e. The van der Waals surface area contributed by atoms with Gasteiger partial charge in [-0.15, -0.1) is 0 Å². The second kappa shape index (κ2) is 7.36. The van der Waals surface area contributed by atoms with Gasteiger partial charge in [0.1, 0.15) is 0 Å². The van der Waals surface area contributed by atoms with Crippen LogP contribution in [0.15, 0.2) is 22.7 Å². The summed E-state index contributed by atoms with van der Waals surface area (Å²) in [7, 11) is 0. The van der Waals surface area contributed by atoms with Crippen molar-refractivity contribution in [3.8, 4) is 0 Å². The van der Waals surface area contributed by atoms with Crippen molar-refractivity contribution in [3.63, 3.8) is 0 Å². The molecule has 0 atom stereocenters. The van der Waals surface area contributed by atoms with Gasteiger partial charge in [-0.3, -0.25) is 15.0 Å². The van der Waals surface area contributed by atoms with E-state index in [1.54, 1.807) is 12.1 Å². The standard InChI is InChI=1S/C16H23BrN2O2/c1-12(2)10-18(14-7-3-4-8-14)11-13-6-5-9-15(16(13)17)19(20)21/h5-6,9,12,14H,3-4,7-8,10-11H2,1-2H3. The van der Waals surface area contributed by atoms with E-state index in [2.05, 4.69) is 34.7 Å². The summed E-state index contributed by atoms with van der Waals surface area (Å²) in [5.41, 5.74) is 1.17. The third-order valence-corrected chi connectivity index (χ3v) is 4.98. The van der Waals surface area contributed by atoms with E-state index in [0.29, 0.717) is 16.4 Å². The third-order valence-electron chi connectivity index (χ3n) is 4.07. The van der Waals surface area contributed by atoms with Gasteiger partial charge in [0.2, 0.25) is 0 Å². The summed E-state index contributed by atoms with van der Waals surface area (Å²) in [5, 5.41) is 11.1. The molecule has 2 rings (SSSR count). The van der Waals surface area contributed by atoms with Gasteiger partial charge in [-0.1, -0.05) is 38.8 Å². The highest BCUT2D eigenvalue weighted by molar-refractivity contribution is 9.10. The number of halogens is 1. The molecular formula is C16H23BrN2O2. The maximum atomic E-state index is 11.1. The monoisotopic (exact) mass is 354 g/mol. The van der Waals surface area contributed by atoms with Gasteiger partial charge >= 0.3 is 0 Å². The second-order valence-electron chi connectivity index (χ2n) is 6.27. The average molecular weight is 355 g/mol. The van der Waals surface area contributed by atoms with Crippen molar-refractivity contribution in [3.05, 3.63) is 38.3 Å². The number of hydrogen-bond donors (Lipinski definition) is 0. The van der Waals surface area contributed by atoms with Gasteiger partial charge < -0.3 is 0 Å². The molecular weight excluding hydrogens is 332 g/mol. The quantitative estimate of drug-likeness (QED) is 0.546. The number of benzene rings is 1. The van der Waals surface area contributed by atoms with Crippen LogP contribution in [0.1, 0.15) is 45.1 Å². The average Bonchev–Trinajstić information content (AvgIpc) is 2.93. The van der Waals surface area contributed by atoms with Crippen LogP contribution in [-0.2, 0) is 6.54 Å². The Morgan fingerprint density at radius 2 is 2.05 bits per heavy atom. The Kier molecular flexibility index (Phi) is 5.76. The van der Waals surface area contributed by atoms with Crippen LogP contribution in [0.25, 0.3) is 0 Å². The van der Waals surface area contributed by atoms with Gasteiger partial charge in [0.05, 0.1) is 9.40 Å². The predicted molar refractivity (Wildman–Crippen MR) is 88.3 cm³/mol. The van der Waals surface area contributed by atoms with E-state index in [1.807, 2.05) is 6.07 Å². The first-order valence-corrected chi connectivity index (χ1v) is 8.44. The highest BCUT2D eigenvalue weighted by atomic mass is 79.9. The summed E-state index contributed by atoms with van der Waals surface area (Å²) >= 11 is 3.42. The molecule has 21 heavy (non-hydrogen) atoms. The van der Waals surface area contributed by atoms with Crippen molar-refractivity contribution >= 4 is 21.6 Å². The van der Waals surface area contributed by atoms with Crippen LogP contribution in [0.5, 0.6) is 0 Å². The Balaban J connectivity index is 2.19. The summed E-state index contributed by atoms with van der Waals surface area (Å²) in [4.78, 5) is 13.2. The number of nitro groups is 1. The Labute approximate surface area is 134 Å². The molecule has 0 bridgehead atoms. The molecule has 0 aliphatic heterocycles. The van der Waals surface area contributed by atoms with Crippen LogP contribution < -0.4 is 0 Å². The molecule has 0 spiro atoms. The van der Waals surface area contributed by atoms with E-state index in [1.165, 1.54) is 25.7 Å². The molecule has 1 aromatic carbocycles. The van der Waals surface area contributed by atoms with E-state index < -0.39 is 0 Å². The fourth-order valence-electron chi connectivity index (χ4n) is 3.13. The maximum Gasteiger partial charge on any atom is 0.283 e. The number of nitrogens with zero attached hydrogens (tertiary/aromatic N) is 2. The minimum atomic E-state index is -0.323. The number of hydrogen-bond acceptors (Lipinski definition) is 3. The fourth-order valence-corrected chi connectivity index (χ4v) is 3.66. The lowest BCUT2D eigenvalue weighted by Gasteiger charge is -2.30. The molecule has 1 saturated carbocycles. The molecule has 0 radical (unpaired) electrons. The summed E-state index contributed by atoms with van der Waals surface area (Å²) < 4.78 is 0.627. The summed E-state index contributed by atoms with van der Waals surface area (Å²) in [5.74, 6) is 0.600. The minimum Gasteiger partial charge on any atom is -0.296 e. The van der Waals surface area contributed by atoms with E-state index in [-0.39, 0.29) is 10.6 Å². The maximum absolute atomic E-state index is 11.1. The zero-order valence-corrected chi connectivity index (χ0v) is 14.3. The molecule has 4 nitrogen and oxygen atoms in total. The third kappa shape index (κ3) is 4.27. The van der Waals surface area contributed by atoms with Crippen LogP contribution in [0.3, 0.4) is 0 Å². The number of nitro benzene ring substituents is 1. The molecule has 1 fully saturated rings. The Morgan fingerprint density at radius 3 is 2.62 bits per heavy atom. The van der Waals surface area contributed by atoms with Gasteiger partial charge in [-0.05, 0) is 40.3 Å². The molecule has 0 N–H and O–H groups in total. The molecule has 0 unspecified atom stereocenters. The SMILES string of the molecule is CC(C)CN(Cc1cccc([N+](=O)[O-])c1Br)C1CCCC1. The molecule has 0 saturated heterocycles. The second-order valence-corrected chi connectivity index (χ2v) is 7.06. The molecule has 116 valence electrons. The predicted octanol–water partition coefficient (Wildman–Crippen LogP) is 4.76. The van der Waals surface area contributed by atoms with Crippen molar-refractivity contribution in [1.82, 2.24) is 4.90 Å². The van der Waals surface area contributed by atoms with E-state index >= 15 is 0 Å². The largest absolute Gasteiger partial charge is 0.296 e. The van der Waals surface area contributed by atoms with Crippen LogP contribution >= 0.6 is 15.9 Å². The van der Waals surface area contributed by atoms with Crippen molar-refractivity contribution in [2.75, 3.05) is 6.54 Å². The molecule has 0 aromatic heterocycles. The normalized spacial score (nSPS) is 16.0. The van der Waals surface area contributed by atoms with Crippen LogP contribution in [0.2, 0.25) is 0 Å². The first-order valence-electron chi connectivity index (χ1n) is 7.65. The van der Waals surface area contributed by atoms with Crippen molar-refractivity contribution in [1.29, 1.82) is 0 Å². The number of rotatable bonds is 6. The first kappa shape index (κ1) is 16.4. The van der Waals surface area contributed by atoms with E-state index in [9.17, 15) is 10.1 Å². The molecule has 1 aromatic rings. The molecule has 0 amide bonds. The van der Waals surface area contributed by atoms with Crippen LogP contribution in [0, 0.1) is 16.0 Å². The molecule has 1 aliphatic rings. The van der Waals surface area contributed by atoms with Crippen molar-refractivity contribution in [2.45, 2.75) is 52.1 Å². The van der Waals surface area contributed by atoms with E-state index in [4.69, 9.17) is 0 Å². The summed E-state index contributed by atoms with van der Waals surface area (Å²) in [6.07, 6.45) is 5.10. The zero-order chi connectivity index (χ0) is 15.4. The Bertz CT molecular complexity index is 499.